The van der Waals surface area contributed by atoms with Crippen molar-refractivity contribution in [2.24, 2.45) is 5.73 Å². The Labute approximate surface area is 539 Å². The number of ether oxygens (including phenoxy) is 12. The van der Waals surface area contributed by atoms with Crippen molar-refractivity contribution in [3.8, 4) is 0 Å². The molecule has 0 aliphatic carbocycles. The molecule has 2 atom stereocenters. The van der Waals surface area contributed by atoms with Gasteiger partial charge >= 0.3 is 0 Å². The number of ketones is 1. The zero-order valence-corrected chi connectivity index (χ0v) is 57.3. The molecule has 0 spiro atoms. The van der Waals surface area contributed by atoms with E-state index in [0.717, 1.165) is 25.5 Å². The molecule has 7 N–H and O–H groups in total. The van der Waals surface area contributed by atoms with Gasteiger partial charge in [0.25, 0.3) is 0 Å². The molecular weight excluding hydrogens is 1150 g/mol. The number of nitrogens with one attached hydrogen (secondary N) is 4. The van der Waals surface area contributed by atoms with E-state index in [-0.39, 0.29) is 54.9 Å². The van der Waals surface area contributed by atoms with Gasteiger partial charge in [-0.2, -0.15) is 0 Å². The number of Topliss-reactive ketones (excluding diaryl/α,β-unsaturated/α-hetero) is 1. The second-order valence-electron chi connectivity index (χ2n) is 20.4. The van der Waals surface area contributed by atoms with Gasteiger partial charge in [0.15, 0.2) is 0 Å². The van der Waals surface area contributed by atoms with E-state index in [1.807, 2.05) is 27.7 Å². The maximum atomic E-state index is 12.9. The first kappa shape index (κ1) is 92.1. The maximum Gasteiger partial charge on any atom is 0.242 e. The number of amides is 3. The predicted molar refractivity (Wildman–Crippen MR) is 353 cm³/mol. The van der Waals surface area contributed by atoms with Gasteiger partial charge in [-0.05, 0) is 65.5 Å². The van der Waals surface area contributed by atoms with Crippen LogP contribution in [0.5, 0.6) is 0 Å². The molecular formula is C66H133N5O18. The molecule has 0 aliphatic rings. The van der Waals surface area contributed by atoms with Crippen LogP contribution in [-0.2, 0) is 80.8 Å². The van der Waals surface area contributed by atoms with Crippen LogP contribution in [0.25, 0.3) is 0 Å². The van der Waals surface area contributed by atoms with Gasteiger partial charge in [0.1, 0.15) is 23.9 Å². The summed E-state index contributed by atoms with van der Waals surface area (Å²) in [6.45, 7) is 27.2. The first-order chi connectivity index (χ1) is 43.6. The Hall–Kier alpha value is -3.27. The zero-order valence-electron chi connectivity index (χ0n) is 57.3. The maximum absolute atomic E-state index is 12.9. The van der Waals surface area contributed by atoms with Gasteiger partial charge in [-0.25, -0.2) is 0 Å². The summed E-state index contributed by atoms with van der Waals surface area (Å²) in [5, 5.41) is 20.9. The molecule has 0 heterocycles. The third kappa shape index (κ3) is 80.8. The Bertz CT molecular complexity index is 1480. The molecule has 23 nitrogen and oxygen atoms in total. The van der Waals surface area contributed by atoms with Crippen LogP contribution < -0.4 is 27.0 Å². The summed E-state index contributed by atoms with van der Waals surface area (Å²) >= 11 is 0. The number of aliphatic hydroxyl groups excluding tert-OH is 1. The summed E-state index contributed by atoms with van der Waals surface area (Å²) < 4.78 is 65.7. The van der Waals surface area contributed by atoms with E-state index in [0.29, 0.717) is 210 Å². The lowest BCUT2D eigenvalue weighted by Gasteiger charge is -2.19. The number of unbranched alkanes of at least 4 members (excludes halogenated alkanes) is 15. The quantitative estimate of drug-likeness (QED) is 0.0189. The summed E-state index contributed by atoms with van der Waals surface area (Å²) in [6.07, 6.45) is 24.0. The molecule has 0 aromatic heterocycles. The van der Waals surface area contributed by atoms with E-state index < -0.39 is 6.04 Å². The largest absolute Gasteiger partial charge is 0.511 e. The molecule has 0 fully saturated rings. The summed E-state index contributed by atoms with van der Waals surface area (Å²) in [5.74, 6) is -0.524. The number of carbonyl (C=O) groups is 5. The monoisotopic (exact) mass is 1280 g/mol. The van der Waals surface area contributed by atoms with Crippen LogP contribution in [0.3, 0.4) is 0 Å². The number of likely N-dealkylation sites (N-methyl/N-ethyl adjacent to an activating group) is 1. The molecule has 0 saturated heterocycles. The Kier molecular flexibility index (Phi) is 85.7. The standard InChI is InChI=1S/C46H89N5O17.C16H32O.2C2H6/c1-40(52)12-16-57-18-20-59-22-24-61-26-28-63-30-32-65-34-36-67-38-39-68-37-35-66-33-31-64-29-27-62-25-23-60-21-19-58-17-15-50-46(56)43(51-45(55)9-4-6-13-47)8-5-7-14-49-44(54)11-10-42(48-3)41(2)53;1-2-3-4-5-6-7-8-9-10-11-12-13-14-15-16-17;2*1-2/h42-43,48,53H,2,4-39,47H2,1,3H3,(H,49,54)(H,50,56)(H,51,55);16H,2-15H2,1H3;2*1-2H3. The molecule has 0 aromatic rings. The first-order valence-corrected chi connectivity index (χ1v) is 34.1. The average molecular weight is 1280 g/mol. The van der Waals surface area contributed by atoms with Crippen LogP contribution in [0.2, 0.25) is 0 Å². The van der Waals surface area contributed by atoms with Crippen molar-refractivity contribution in [2.45, 2.75) is 201 Å². The Morgan fingerprint density at radius 1 is 0.427 bits per heavy atom. The van der Waals surface area contributed by atoms with Crippen LogP contribution in [0.1, 0.15) is 189 Å². The smallest absolute Gasteiger partial charge is 0.242 e. The summed E-state index contributed by atoms with van der Waals surface area (Å²) in [5.41, 5.74) is 5.54. The van der Waals surface area contributed by atoms with Crippen LogP contribution in [0.4, 0.5) is 0 Å². The normalized spacial score (nSPS) is 11.5. The Morgan fingerprint density at radius 3 is 1.15 bits per heavy atom. The fourth-order valence-corrected chi connectivity index (χ4v) is 7.86. The van der Waals surface area contributed by atoms with E-state index in [9.17, 15) is 29.1 Å². The minimum absolute atomic E-state index is 0.00937. The summed E-state index contributed by atoms with van der Waals surface area (Å²) in [6, 6.07) is -1.05. The van der Waals surface area contributed by atoms with Crippen LogP contribution in [0, 0.1) is 0 Å². The molecule has 3 amide bonds. The van der Waals surface area contributed by atoms with Gasteiger partial charge in [-0.3, -0.25) is 19.2 Å². The van der Waals surface area contributed by atoms with Crippen molar-refractivity contribution < 1.29 is 85.9 Å². The molecule has 23 heteroatoms. The third-order valence-electron chi connectivity index (χ3n) is 12.8. The number of hydrogen-bond donors (Lipinski definition) is 6. The molecule has 0 rings (SSSR count). The van der Waals surface area contributed by atoms with Crippen molar-refractivity contribution in [3.05, 3.63) is 12.3 Å². The molecule has 0 aromatic carbocycles. The average Bonchev–Trinajstić information content (AvgIpc) is 3.58. The van der Waals surface area contributed by atoms with E-state index in [1.165, 1.54) is 77.0 Å². The van der Waals surface area contributed by atoms with Crippen LogP contribution in [0.15, 0.2) is 12.3 Å². The van der Waals surface area contributed by atoms with E-state index in [1.54, 1.807) is 14.0 Å². The fourth-order valence-electron chi connectivity index (χ4n) is 7.86. The minimum atomic E-state index is -0.703. The highest BCUT2D eigenvalue weighted by molar-refractivity contribution is 5.87. The van der Waals surface area contributed by atoms with Gasteiger partial charge in [0.2, 0.25) is 17.7 Å². The highest BCUT2D eigenvalue weighted by Crippen LogP contribution is 2.13. The number of rotatable bonds is 69. The fraction of sp³-hybridized carbons (Fsp3) is 0.894. The second kappa shape index (κ2) is 82.7. The lowest BCUT2D eigenvalue weighted by atomic mass is 10.0. The van der Waals surface area contributed by atoms with E-state index >= 15 is 0 Å². The predicted octanol–water partition coefficient (Wildman–Crippen LogP) is 8.34. The minimum Gasteiger partial charge on any atom is -0.511 e. The van der Waals surface area contributed by atoms with E-state index in [4.69, 9.17) is 62.6 Å². The SMILES string of the molecule is C=C(O)C(CCC(=O)NCCCCC(NC(=O)CCCCN)C(=O)NCCOCCOCCOCCOCCOCCOCCOCCOCCOCCOCCOCCOCCC(C)=O)NC.CC.CC.CCCCCCCCCCCCCCCC=O. The third-order valence-corrected chi connectivity index (χ3v) is 12.8. The number of hydrogen-bond acceptors (Lipinski definition) is 20. The summed E-state index contributed by atoms with van der Waals surface area (Å²) in [7, 11) is 1.69. The Balaban J connectivity index is -0.00000146. The van der Waals surface area contributed by atoms with Gasteiger partial charge in [-0.15, -0.1) is 0 Å². The lowest BCUT2D eigenvalue weighted by molar-refractivity contribution is -0.129. The highest BCUT2D eigenvalue weighted by atomic mass is 16.6. The number of aliphatic hydroxyl groups is 1. The highest BCUT2D eigenvalue weighted by Gasteiger charge is 2.20. The van der Waals surface area contributed by atoms with Crippen molar-refractivity contribution >= 4 is 29.8 Å². The molecule has 2 unspecified atom stereocenters. The zero-order chi connectivity index (χ0) is 66.4. The van der Waals surface area contributed by atoms with Crippen molar-refractivity contribution in [3.63, 3.8) is 0 Å². The van der Waals surface area contributed by atoms with Gasteiger partial charge < -0.3 is 93.7 Å². The molecule has 0 radical (unpaired) electrons. The second-order valence-corrected chi connectivity index (χ2v) is 20.4. The van der Waals surface area contributed by atoms with Crippen LogP contribution >= 0.6 is 0 Å². The summed E-state index contributed by atoms with van der Waals surface area (Å²) in [4.78, 5) is 58.5. The Morgan fingerprint density at radius 2 is 0.798 bits per heavy atom. The molecule has 0 bridgehead atoms. The van der Waals surface area contributed by atoms with Crippen molar-refractivity contribution in [2.75, 3.05) is 185 Å². The lowest BCUT2D eigenvalue weighted by Crippen LogP contribution is -2.47. The van der Waals surface area contributed by atoms with Gasteiger partial charge in [-0.1, -0.05) is 118 Å². The van der Waals surface area contributed by atoms with Crippen LogP contribution in [-0.4, -0.2) is 232 Å². The van der Waals surface area contributed by atoms with Crippen molar-refractivity contribution in [1.29, 1.82) is 0 Å². The van der Waals surface area contributed by atoms with Crippen molar-refractivity contribution in [1.82, 2.24) is 21.3 Å². The number of aldehydes is 1. The number of nitrogens with two attached hydrogens (primary N) is 1. The van der Waals surface area contributed by atoms with Gasteiger partial charge in [0.05, 0.1) is 165 Å². The van der Waals surface area contributed by atoms with E-state index in [2.05, 4.69) is 34.8 Å². The van der Waals surface area contributed by atoms with Gasteiger partial charge in [0, 0.05) is 38.8 Å². The topological polar surface area (TPSA) is 290 Å². The molecule has 0 saturated carbocycles. The molecule has 530 valence electrons. The first-order valence-electron chi connectivity index (χ1n) is 34.1. The molecule has 0 aliphatic heterocycles. The number of carbonyl (C=O) groups excluding carboxylic acids is 5. The molecule has 89 heavy (non-hydrogen) atoms.